The van der Waals surface area contributed by atoms with Crippen LogP contribution < -0.4 is 16.4 Å². The topological polar surface area (TPSA) is 169 Å². The Hall–Kier alpha value is -3.31. The Kier molecular flexibility index (Phi) is 5.43. The van der Waals surface area contributed by atoms with Crippen LogP contribution >= 0.6 is 0 Å². The van der Waals surface area contributed by atoms with Crippen LogP contribution in [0, 0.1) is 5.41 Å². The van der Waals surface area contributed by atoms with E-state index >= 15 is 0 Å². The molecule has 142 valence electrons. The largest absolute Gasteiger partial charge is 0.396 e. The van der Waals surface area contributed by atoms with Crippen LogP contribution in [0.15, 0.2) is 40.2 Å². The second-order valence-corrected chi connectivity index (χ2v) is 5.76. The van der Waals surface area contributed by atoms with Gasteiger partial charge in [0.05, 0.1) is 36.9 Å². The van der Waals surface area contributed by atoms with Crippen molar-refractivity contribution < 1.29 is 10.2 Å². The number of aliphatic imine (C=N–C) groups is 2. The second-order valence-electron chi connectivity index (χ2n) is 5.76. The van der Waals surface area contributed by atoms with Gasteiger partial charge in [0.1, 0.15) is 11.5 Å². The van der Waals surface area contributed by atoms with Gasteiger partial charge in [-0.05, 0) is 19.1 Å². The smallest absolute Gasteiger partial charge is 0.183 e. The van der Waals surface area contributed by atoms with Crippen molar-refractivity contribution >= 4 is 34.5 Å². The molecule has 3 heterocycles. The summed E-state index contributed by atoms with van der Waals surface area (Å²) in [4.78, 5) is 13.2. The molecule has 1 aliphatic heterocycles. The van der Waals surface area contributed by atoms with E-state index in [9.17, 15) is 10.2 Å². The van der Waals surface area contributed by atoms with E-state index in [0.717, 1.165) is 6.54 Å². The van der Waals surface area contributed by atoms with E-state index in [-0.39, 0.29) is 36.3 Å². The summed E-state index contributed by atoms with van der Waals surface area (Å²) in [6.45, 7) is 2.09. The lowest BCUT2D eigenvalue weighted by atomic mass is 10.2. The average molecular weight is 371 g/mol. The number of rotatable bonds is 6. The predicted molar refractivity (Wildman–Crippen MR) is 103 cm³/mol. The van der Waals surface area contributed by atoms with Gasteiger partial charge in [-0.25, -0.2) is 19.5 Å². The highest BCUT2D eigenvalue weighted by Gasteiger charge is 2.19. The molecule has 0 radical (unpaired) electrons. The molecule has 2 aromatic rings. The lowest BCUT2D eigenvalue weighted by Crippen LogP contribution is -2.45. The quantitative estimate of drug-likeness (QED) is 0.394. The summed E-state index contributed by atoms with van der Waals surface area (Å²) in [5, 5.41) is 36.5. The third-order valence-corrected chi connectivity index (χ3v) is 3.75. The molecule has 0 atom stereocenters. The molecule has 0 unspecified atom stereocenters. The van der Waals surface area contributed by atoms with Gasteiger partial charge < -0.3 is 26.6 Å². The third-order valence-electron chi connectivity index (χ3n) is 3.75. The summed E-state index contributed by atoms with van der Waals surface area (Å²) in [6.07, 6.45) is 4.72. The predicted octanol–water partition coefficient (Wildman–Crippen LogP) is -0.592. The van der Waals surface area contributed by atoms with Crippen LogP contribution in [-0.4, -0.2) is 68.0 Å². The fourth-order valence-corrected chi connectivity index (χ4v) is 2.39. The summed E-state index contributed by atoms with van der Waals surface area (Å²) in [7, 11) is 0. The molecule has 0 aliphatic carbocycles. The zero-order valence-electron chi connectivity index (χ0n) is 14.7. The van der Waals surface area contributed by atoms with Crippen LogP contribution in [0.3, 0.4) is 0 Å². The van der Waals surface area contributed by atoms with Crippen LogP contribution in [0.1, 0.15) is 6.92 Å². The van der Waals surface area contributed by atoms with Crippen molar-refractivity contribution in [2.24, 2.45) is 15.7 Å². The lowest BCUT2D eigenvalue weighted by molar-refractivity contribution is 0.184. The van der Waals surface area contributed by atoms with Gasteiger partial charge in [0, 0.05) is 12.7 Å². The molecule has 11 heteroatoms. The summed E-state index contributed by atoms with van der Waals surface area (Å²) in [6, 6.07) is 1.17. The third kappa shape index (κ3) is 3.93. The summed E-state index contributed by atoms with van der Waals surface area (Å²) in [5.41, 5.74) is 7.22. The van der Waals surface area contributed by atoms with Crippen LogP contribution in [0.5, 0.6) is 0 Å². The highest BCUT2D eigenvalue weighted by molar-refractivity contribution is 6.48. The Morgan fingerprint density at radius 1 is 1.37 bits per heavy atom. The van der Waals surface area contributed by atoms with Gasteiger partial charge in [-0.3, -0.25) is 5.41 Å². The first kappa shape index (κ1) is 18.5. The van der Waals surface area contributed by atoms with Gasteiger partial charge in [0.25, 0.3) is 0 Å². The number of hydrogen-bond donors (Lipinski definition) is 6. The van der Waals surface area contributed by atoms with Gasteiger partial charge in [-0.2, -0.15) is 5.10 Å². The van der Waals surface area contributed by atoms with Crippen LogP contribution in [0.4, 0.5) is 11.5 Å². The Labute approximate surface area is 154 Å². The fraction of sp³-hybridized carbons (Fsp3) is 0.312. The standard InChI is InChI=1S/C16H21N9O2/c1-2-19-13-3-4-25-16(23-13)12(6-20-25)22-15-11(18)5-10(17)14(24-15)21-9(7-26)8-27/h3-6,9,17,26-27H,2,7-8,18H2,1H3,(H,19,23)(H,21,22,24). The molecule has 0 saturated heterocycles. The number of nitrogens with two attached hydrogens (primary N) is 1. The first-order valence-electron chi connectivity index (χ1n) is 8.36. The normalized spacial score (nSPS) is 16.0. The van der Waals surface area contributed by atoms with E-state index < -0.39 is 6.04 Å². The molecule has 0 amide bonds. The zero-order chi connectivity index (χ0) is 19.4. The molecule has 27 heavy (non-hydrogen) atoms. The molecule has 0 fully saturated rings. The van der Waals surface area contributed by atoms with Crippen molar-refractivity contribution in [3.8, 4) is 0 Å². The molecule has 0 spiro atoms. The van der Waals surface area contributed by atoms with Crippen molar-refractivity contribution in [3.63, 3.8) is 0 Å². The SMILES string of the molecule is CCNc1ccn2ncc(/N=C3\N=C(NC(CO)CO)C(=N)C=C3N)c2n1. The Morgan fingerprint density at radius 3 is 2.85 bits per heavy atom. The monoisotopic (exact) mass is 371 g/mol. The van der Waals surface area contributed by atoms with Crippen molar-refractivity contribution in [3.05, 3.63) is 30.2 Å². The number of aromatic nitrogens is 3. The van der Waals surface area contributed by atoms with Crippen LogP contribution in [0.25, 0.3) is 5.65 Å². The maximum absolute atomic E-state index is 9.21. The number of aliphatic hydroxyl groups is 2. The van der Waals surface area contributed by atoms with Crippen LogP contribution in [0.2, 0.25) is 0 Å². The van der Waals surface area contributed by atoms with Gasteiger partial charge in [0.2, 0.25) is 0 Å². The molecule has 7 N–H and O–H groups in total. The summed E-state index contributed by atoms with van der Waals surface area (Å²) >= 11 is 0. The minimum Gasteiger partial charge on any atom is -0.396 e. The van der Waals surface area contributed by atoms with Gasteiger partial charge >= 0.3 is 0 Å². The Morgan fingerprint density at radius 2 is 2.15 bits per heavy atom. The number of fused-ring (bicyclic) bond motifs is 1. The number of hydrogen-bond acceptors (Lipinski definition) is 9. The van der Waals surface area contributed by atoms with Gasteiger partial charge in [-0.15, -0.1) is 0 Å². The molecule has 2 aromatic heterocycles. The zero-order valence-corrected chi connectivity index (χ0v) is 14.7. The minimum atomic E-state index is -0.639. The van der Waals surface area contributed by atoms with E-state index in [1.165, 1.54) is 6.08 Å². The Balaban J connectivity index is 1.98. The number of anilines is 1. The molecule has 0 saturated carbocycles. The molecular formula is C16H21N9O2. The van der Waals surface area contributed by atoms with Crippen molar-refractivity contribution in [2.45, 2.75) is 13.0 Å². The fourth-order valence-electron chi connectivity index (χ4n) is 2.39. The molecule has 3 rings (SSSR count). The van der Waals surface area contributed by atoms with Crippen molar-refractivity contribution in [1.82, 2.24) is 19.9 Å². The number of nitrogens with zero attached hydrogens (tertiary/aromatic N) is 5. The number of dihydropyridines is 1. The van der Waals surface area contributed by atoms with E-state index in [4.69, 9.17) is 11.1 Å². The number of nitrogens with one attached hydrogen (secondary N) is 3. The van der Waals surface area contributed by atoms with E-state index in [1.807, 2.05) is 6.92 Å². The lowest BCUT2D eigenvalue weighted by Gasteiger charge is -2.19. The number of amidine groups is 2. The maximum Gasteiger partial charge on any atom is 0.183 e. The Bertz CT molecular complexity index is 941. The summed E-state index contributed by atoms with van der Waals surface area (Å²) < 4.78 is 1.58. The first-order chi connectivity index (χ1) is 13.0. The number of aliphatic hydroxyl groups excluding tert-OH is 2. The van der Waals surface area contributed by atoms with E-state index in [1.54, 1.807) is 23.0 Å². The first-order valence-corrected chi connectivity index (χ1v) is 8.36. The van der Waals surface area contributed by atoms with Gasteiger partial charge in [0.15, 0.2) is 17.3 Å². The van der Waals surface area contributed by atoms with Crippen molar-refractivity contribution in [2.75, 3.05) is 25.1 Å². The highest BCUT2D eigenvalue weighted by atomic mass is 16.3. The van der Waals surface area contributed by atoms with Crippen molar-refractivity contribution in [1.29, 1.82) is 5.41 Å². The summed E-state index contributed by atoms with van der Waals surface area (Å²) in [5.74, 6) is 1.04. The van der Waals surface area contributed by atoms with E-state index in [0.29, 0.717) is 17.2 Å². The molecule has 0 aromatic carbocycles. The highest BCUT2D eigenvalue weighted by Crippen LogP contribution is 2.21. The van der Waals surface area contributed by atoms with E-state index in [2.05, 4.69) is 30.7 Å². The molecule has 0 bridgehead atoms. The van der Waals surface area contributed by atoms with Crippen LogP contribution in [-0.2, 0) is 0 Å². The van der Waals surface area contributed by atoms with Gasteiger partial charge in [-0.1, -0.05) is 0 Å². The molecular weight excluding hydrogens is 350 g/mol. The minimum absolute atomic E-state index is 0.0331. The second kappa shape index (κ2) is 7.93. The molecule has 11 nitrogen and oxygen atoms in total. The average Bonchev–Trinajstić information content (AvgIpc) is 3.05. The molecule has 1 aliphatic rings. The maximum atomic E-state index is 9.21.